The fourth-order valence-corrected chi connectivity index (χ4v) is 4.70. The van der Waals surface area contributed by atoms with Crippen molar-refractivity contribution in [1.82, 2.24) is 4.90 Å². The summed E-state index contributed by atoms with van der Waals surface area (Å²) in [5, 5.41) is 21.8. The second-order valence-electron chi connectivity index (χ2n) is 7.43. The SMILES string of the molecule is COc1cccc2c1[C@H](O)[C@]1(CCCCN1[C@H](CO)c1ccccc1)CO2. The van der Waals surface area contributed by atoms with Gasteiger partial charge in [-0.05, 0) is 37.1 Å². The molecule has 0 unspecified atom stereocenters. The van der Waals surface area contributed by atoms with Crippen LogP contribution in [0.15, 0.2) is 48.5 Å². The molecule has 0 radical (unpaired) electrons. The van der Waals surface area contributed by atoms with Gasteiger partial charge < -0.3 is 19.7 Å². The summed E-state index contributed by atoms with van der Waals surface area (Å²) in [4.78, 5) is 2.26. The molecule has 1 saturated heterocycles. The van der Waals surface area contributed by atoms with Gasteiger partial charge in [-0.1, -0.05) is 42.8 Å². The van der Waals surface area contributed by atoms with Crippen LogP contribution in [0.5, 0.6) is 11.5 Å². The molecule has 5 heteroatoms. The van der Waals surface area contributed by atoms with E-state index >= 15 is 0 Å². The molecule has 2 aliphatic heterocycles. The highest BCUT2D eigenvalue weighted by atomic mass is 16.5. The van der Waals surface area contributed by atoms with Gasteiger partial charge >= 0.3 is 0 Å². The maximum atomic E-state index is 11.5. The number of likely N-dealkylation sites (tertiary alicyclic amines) is 1. The van der Waals surface area contributed by atoms with E-state index in [-0.39, 0.29) is 12.6 Å². The number of aliphatic hydroxyl groups excluding tert-OH is 2. The quantitative estimate of drug-likeness (QED) is 0.867. The number of rotatable bonds is 4. The molecule has 2 N–H and O–H groups in total. The lowest BCUT2D eigenvalue weighted by Gasteiger charge is -2.54. The number of hydrogen-bond donors (Lipinski definition) is 2. The number of hydrogen-bond acceptors (Lipinski definition) is 5. The number of fused-ring (bicyclic) bond motifs is 1. The highest BCUT2D eigenvalue weighted by molar-refractivity contribution is 5.49. The minimum absolute atomic E-state index is 0.00271. The van der Waals surface area contributed by atoms with Crippen LogP contribution in [0.3, 0.4) is 0 Å². The molecular formula is C22H27NO4. The molecule has 3 atom stereocenters. The Hall–Kier alpha value is -2.08. The first-order valence-electron chi connectivity index (χ1n) is 9.61. The summed E-state index contributed by atoms with van der Waals surface area (Å²) >= 11 is 0. The molecule has 0 bridgehead atoms. The third-order valence-electron chi connectivity index (χ3n) is 6.07. The second-order valence-corrected chi connectivity index (χ2v) is 7.43. The molecule has 4 rings (SSSR count). The van der Waals surface area contributed by atoms with Gasteiger partial charge in [0.25, 0.3) is 0 Å². The van der Waals surface area contributed by atoms with Crippen molar-refractivity contribution in [2.75, 3.05) is 26.9 Å². The zero-order valence-electron chi connectivity index (χ0n) is 15.7. The van der Waals surface area contributed by atoms with Crippen LogP contribution >= 0.6 is 0 Å². The largest absolute Gasteiger partial charge is 0.496 e. The van der Waals surface area contributed by atoms with Gasteiger partial charge in [0.2, 0.25) is 0 Å². The third-order valence-corrected chi connectivity index (χ3v) is 6.07. The molecule has 0 aliphatic carbocycles. The van der Waals surface area contributed by atoms with Gasteiger partial charge in [-0.15, -0.1) is 0 Å². The number of nitrogens with zero attached hydrogens (tertiary/aromatic N) is 1. The Morgan fingerprint density at radius 1 is 1.19 bits per heavy atom. The maximum Gasteiger partial charge on any atom is 0.129 e. The minimum atomic E-state index is -0.740. The smallest absolute Gasteiger partial charge is 0.129 e. The second kappa shape index (κ2) is 7.50. The summed E-state index contributed by atoms with van der Waals surface area (Å²) in [5.74, 6) is 1.32. The van der Waals surface area contributed by atoms with Crippen LogP contribution in [0, 0.1) is 0 Å². The molecule has 5 nitrogen and oxygen atoms in total. The molecule has 2 heterocycles. The van der Waals surface area contributed by atoms with Gasteiger partial charge in [-0.3, -0.25) is 4.90 Å². The molecule has 0 aromatic heterocycles. The van der Waals surface area contributed by atoms with Gasteiger partial charge in [-0.2, -0.15) is 0 Å². The Labute approximate surface area is 160 Å². The first-order valence-corrected chi connectivity index (χ1v) is 9.61. The Balaban J connectivity index is 1.77. The van der Waals surface area contributed by atoms with Crippen molar-refractivity contribution < 1.29 is 19.7 Å². The topological polar surface area (TPSA) is 62.2 Å². The van der Waals surface area contributed by atoms with Crippen LogP contribution in [-0.2, 0) is 0 Å². The van der Waals surface area contributed by atoms with Crippen molar-refractivity contribution in [3.05, 3.63) is 59.7 Å². The highest BCUT2D eigenvalue weighted by Gasteiger charge is 2.52. The average molecular weight is 369 g/mol. The lowest BCUT2D eigenvalue weighted by molar-refractivity contribution is -0.121. The fraction of sp³-hybridized carbons (Fsp3) is 0.455. The summed E-state index contributed by atoms with van der Waals surface area (Å²) < 4.78 is 11.6. The molecule has 0 amide bonds. The number of ether oxygens (including phenoxy) is 2. The number of aliphatic hydroxyl groups is 2. The van der Waals surface area contributed by atoms with Gasteiger partial charge in [0.05, 0.1) is 30.9 Å². The molecule has 1 spiro atoms. The predicted molar refractivity (Wildman–Crippen MR) is 103 cm³/mol. The number of methoxy groups -OCH3 is 1. The lowest BCUT2D eigenvalue weighted by Crippen LogP contribution is -2.62. The van der Waals surface area contributed by atoms with E-state index in [1.54, 1.807) is 7.11 Å². The molecule has 2 aromatic rings. The van der Waals surface area contributed by atoms with E-state index < -0.39 is 11.6 Å². The lowest BCUT2D eigenvalue weighted by atomic mass is 9.76. The average Bonchev–Trinajstić information content (AvgIpc) is 2.73. The maximum absolute atomic E-state index is 11.5. The highest BCUT2D eigenvalue weighted by Crippen LogP contribution is 2.50. The first kappa shape index (κ1) is 18.3. The van der Waals surface area contributed by atoms with Crippen LogP contribution in [0.25, 0.3) is 0 Å². The summed E-state index contributed by atoms with van der Waals surface area (Å²) in [7, 11) is 1.61. The van der Waals surface area contributed by atoms with Gasteiger partial charge in [-0.25, -0.2) is 0 Å². The molecule has 2 aromatic carbocycles. The molecule has 27 heavy (non-hydrogen) atoms. The monoisotopic (exact) mass is 369 g/mol. The van der Waals surface area contributed by atoms with Crippen molar-refractivity contribution in [3.63, 3.8) is 0 Å². The van der Waals surface area contributed by atoms with E-state index in [1.165, 1.54) is 0 Å². The van der Waals surface area contributed by atoms with Crippen molar-refractivity contribution in [1.29, 1.82) is 0 Å². The van der Waals surface area contributed by atoms with E-state index in [0.29, 0.717) is 23.7 Å². The van der Waals surface area contributed by atoms with Crippen molar-refractivity contribution in [2.45, 2.75) is 36.9 Å². The normalized spacial score (nSPS) is 26.3. The summed E-state index contributed by atoms with van der Waals surface area (Å²) in [5.41, 5.74) is 1.19. The van der Waals surface area contributed by atoms with Crippen LogP contribution in [0.1, 0.15) is 42.5 Å². The Kier molecular flexibility index (Phi) is 5.08. The standard InChI is InChI=1S/C22H27NO4/c1-26-18-10-7-11-19-20(18)21(25)22(15-27-19)12-5-6-13-23(22)17(14-24)16-8-3-2-4-9-16/h2-4,7-11,17,21,24-25H,5-6,12-15H2,1H3/t17-,21+,22+/m1/s1. The van der Waals surface area contributed by atoms with Gasteiger partial charge in [0.1, 0.15) is 24.2 Å². The predicted octanol–water partition coefficient (Wildman–Crippen LogP) is 3.08. The van der Waals surface area contributed by atoms with E-state index in [0.717, 1.165) is 31.4 Å². The third kappa shape index (κ3) is 3.00. The Bertz CT molecular complexity index is 767. The first-order chi connectivity index (χ1) is 13.2. The Morgan fingerprint density at radius 2 is 2.00 bits per heavy atom. The van der Waals surface area contributed by atoms with Gasteiger partial charge in [0.15, 0.2) is 0 Å². The molecule has 2 aliphatic rings. The molecule has 1 fully saturated rings. The zero-order chi connectivity index (χ0) is 18.9. The van der Waals surface area contributed by atoms with Crippen molar-refractivity contribution in [3.8, 4) is 11.5 Å². The van der Waals surface area contributed by atoms with Crippen LogP contribution < -0.4 is 9.47 Å². The summed E-state index contributed by atoms with van der Waals surface area (Å²) in [6.07, 6.45) is 2.13. The van der Waals surface area contributed by atoms with Crippen molar-refractivity contribution in [2.24, 2.45) is 0 Å². The van der Waals surface area contributed by atoms with E-state index in [1.807, 2.05) is 48.5 Å². The number of piperidine rings is 1. The van der Waals surface area contributed by atoms with E-state index in [9.17, 15) is 10.2 Å². The fourth-order valence-electron chi connectivity index (χ4n) is 4.70. The Morgan fingerprint density at radius 3 is 2.74 bits per heavy atom. The number of benzene rings is 2. The molecule has 144 valence electrons. The van der Waals surface area contributed by atoms with E-state index in [2.05, 4.69) is 4.90 Å². The van der Waals surface area contributed by atoms with Crippen LogP contribution in [0.2, 0.25) is 0 Å². The van der Waals surface area contributed by atoms with Gasteiger partial charge in [0, 0.05) is 0 Å². The molecular weight excluding hydrogens is 342 g/mol. The minimum Gasteiger partial charge on any atom is -0.496 e. The van der Waals surface area contributed by atoms with Crippen LogP contribution in [0.4, 0.5) is 0 Å². The summed E-state index contributed by atoms with van der Waals surface area (Å²) in [6.45, 7) is 1.21. The van der Waals surface area contributed by atoms with E-state index in [4.69, 9.17) is 9.47 Å². The summed E-state index contributed by atoms with van der Waals surface area (Å²) in [6, 6.07) is 15.5. The van der Waals surface area contributed by atoms with Crippen LogP contribution in [-0.4, -0.2) is 47.5 Å². The molecule has 0 saturated carbocycles. The zero-order valence-corrected chi connectivity index (χ0v) is 15.7. The van der Waals surface area contributed by atoms with Crippen molar-refractivity contribution >= 4 is 0 Å².